The van der Waals surface area contributed by atoms with E-state index in [4.69, 9.17) is 10.5 Å². The average molecular weight is 401 g/mol. The monoisotopic (exact) mass is 400 g/mol. The Balaban J connectivity index is 0.00000225. The number of hydrogen-bond donors (Lipinski definition) is 2. The molecule has 1 aromatic carbocycles. The Kier molecular flexibility index (Phi) is 7.64. The van der Waals surface area contributed by atoms with Crippen molar-refractivity contribution in [1.29, 1.82) is 0 Å². The molecule has 0 saturated carbocycles. The van der Waals surface area contributed by atoms with Crippen molar-refractivity contribution >= 4 is 46.5 Å². The van der Waals surface area contributed by atoms with Gasteiger partial charge in [-0.2, -0.15) is 0 Å². The zero-order chi connectivity index (χ0) is 16.8. The third kappa shape index (κ3) is 5.15. The fourth-order valence-corrected chi connectivity index (χ4v) is 4.26. The summed E-state index contributed by atoms with van der Waals surface area (Å²) in [5.74, 6) is 0.747. The second kappa shape index (κ2) is 9.49. The summed E-state index contributed by atoms with van der Waals surface area (Å²) >= 11 is 3.00. The molecule has 9 heteroatoms. The highest BCUT2D eigenvalue weighted by Gasteiger charge is 2.39. The fraction of sp³-hybridized carbons (Fsp3) is 0.438. The largest absolute Gasteiger partial charge is 0.381 e. The number of nitrogens with one attached hydrogen (secondary N) is 1. The molecule has 0 spiro atoms. The summed E-state index contributed by atoms with van der Waals surface area (Å²) in [7, 11) is 0. The van der Waals surface area contributed by atoms with E-state index >= 15 is 0 Å². The predicted octanol–water partition coefficient (Wildman–Crippen LogP) is 2.95. The predicted molar refractivity (Wildman–Crippen MR) is 103 cm³/mol. The number of rotatable bonds is 6. The van der Waals surface area contributed by atoms with E-state index in [0.717, 1.165) is 10.1 Å². The number of carbonyl (C=O) groups excluding carboxylic acids is 1. The first-order valence-corrected chi connectivity index (χ1v) is 9.61. The third-order valence-electron chi connectivity index (χ3n) is 4.15. The number of ether oxygens (including phenoxy) is 1. The van der Waals surface area contributed by atoms with Crippen LogP contribution in [0.15, 0.2) is 34.7 Å². The van der Waals surface area contributed by atoms with Gasteiger partial charge >= 0.3 is 0 Å². The summed E-state index contributed by atoms with van der Waals surface area (Å²) in [5, 5.41) is 11.6. The molecule has 25 heavy (non-hydrogen) atoms. The number of aromatic nitrogens is 2. The van der Waals surface area contributed by atoms with E-state index in [2.05, 4.69) is 27.6 Å². The van der Waals surface area contributed by atoms with Crippen LogP contribution in [0.1, 0.15) is 18.4 Å². The van der Waals surface area contributed by atoms with E-state index in [1.54, 1.807) is 11.8 Å². The lowest BCUT2D eigenvalue weighted by atomic mass is 9.79. The normalized spacial score (nSPS) is 16.0. The molecule has 1 saturated heterocycles. The number of halogens is 1. The van der Waals surface area contributed by atoms with E-state index in [0.29, 0.717) is 37.7 Å². The van der Waals surface area contributed by atoms with Gasteiger partial charge in [0.05, 0.1) is 5.41 Å². The van der Waals surface area contributed by atoms with Crippen LogP contribution in [0.2, 0.25) is 0 Å². The maximum Gasteiger partial charge on any atom is 0.233 e. The molecule has 6 nitrogen and oxygen atoms in total. The minimum Gasteiger partial charge on any atom is -0.381 e. The number of carbonyl (C=O) groups is 1. The van der Waals surface area contributed by atoms with Crippen LogP contribution in [-0.2, 0) is 15.3 Å². The molecule has 2 heterocycles. The van der Waals surface area contributed by atoms with E-state index in [-0.39, 0.29) is 18.3 Å². The fourth-order valence-electron chi connectivity index (χ4n) is 2.55. The van der Waals surface area contributed by atoms with Gasteiger partial charge in [0.15, 0.2) is 4.34 Å². The molecule has 1 amide bonds. The van der Waals surface area contributed by atoms with Crippen LogP contribution in [-0.4, -0.2) is 35.9 Å². The summed E-state index contributed by atoms with van der Waals surface area (Å²) in [6.07, 6.45) is 1.29. The Morgan fingerprint density at radius 3 is 2.68 bits per heavy atom. The van der Waals surface area contributed by atoms with Crippen LogP contribution in [0.3, 0.4) is 0 Å². The molecule has 1 fully saturated rings. The van der Waals surface area contributed by atoms with Crippen LogP contribution in [0.4, 0.5) is 5.13 Å². The van der Waals surface area contributed by atoms with Gasteiger partial charge in [0.1, 0.15) is 0 Å². The highest BCUT2D eigenvalue weighted by molar-refractivity contribution is 8.00. The quantitative estimate of drug-likeness (QED) is 0.572. The number of hydrogen-bond acceptors (Lipinski definition) is 7. The minimum atomic E-state index is -0.554. The molecule has 136 valence electrons. The molecule has 1 aliphatic rings. The van der Waals surface area contributed by atoms with Gasteiger partial charge in [-0.05, 0) is 18.4 Å². The van der Waals surface area contributed by atoms with Crippen molar-refractivity contribution < 1.29 is 9.53 Å². The SMILES string of the molecule is Cl.NCC1(C(=O)Nc2nnc(SCc3ccccc3)s2)CCOCC1. The third-order valence-corrected chi connectivity index (χ3v) is 6.20. The molecule has 0 aliphatic carbocycles. The molecule has 3 N–H and O–H groups in total. The van der Waals surface area contributed by atoms with Crippen LogP contribution in [0.25, 0.3) is 0 Å². The van der Waals surface area contributed by atoms with Crippen molar-refractivity contribution in [3.8, 4) is 0 Å². The van der Waals surface area contributed by atoms with E-state index < -0.39 is 5.41 Å². The Hall–Kier alpha value is -1.19. The zero-order valence-electron chi connectivity index (χ0n) is 13.6. The molecular formula is C16H21ClN4O2S2. The maximum absolute atomic E-state index is 12.6. The molecule has 0 radical (unpaired) electrons. The van der Waals surface area contributed by atoms with Crippen molar-refractivity contribution in [2.75, 3.05) is 25.1 Å². The van der Waals surface area contributed by atoms with Gasteiger partial charge in [-0.3, -0.25) is 10.1 Å². The van der Waals surface area contributed by atoms with Gasteiger partial charge in [-0.15, -0.1) is 22.6 Å². The molecule has 0 bridgehead atoms. The lowest BCUT2D eigenvalue weighted by Crippen LogP contribution is -2.46. The molecule has 3 rings (SSSR count). The number of benzene rings is 1. The number of anilines is 1. The van der Waals surface area contributed by atoms with Crippen molar-refractivity contribution in [2.24, 2.45) is 11.1 Å². The van der Waals surface area contributed by atoms with Crippen LogP contribution < -0.4 is 11.1 Å². The van der Waals surface area contributed by atoms with E-state index in [1.807, 2.05) is 18.2 Å². The standard InChI is InChI=1S/C16H20N4O2S2.ClH/c17-11-16(6-8-22-9-7-16)13(21)18-14-19-20-15(24-14)23-10-12-4-2-1-3-5-12;/h1-5H,6-11,17H2,(H,18,19,21);1H. The first-order valence-electron chi connectivity index (χ1n) is 7.81. The Bertz CT molecular complexity index is 678. The smallest absolute Gasteiger partial charge is 0.233 e. The van der Waals surface area contributed by atoms with Gasteiger partial charge in [0.25, 0.3) is 0 Å². The van der Waals surface area contributed by atoms with Gasteiger partial charge in [-0.1, -0.05) is 53.4 Å². The number of thioether (sulfide) groups is 1. The Morgan fingerprint density at radius 1 is 1.28 bits per heavy atom. The molecule has 1 aromatic heterocycles. The van der Waals surface area contributed by atoms with Gasteiger partial charge in [0, 0.05) is 25.5 Å². The molecule has 0 unspecified atom stereocenters. The highest BCUT2D eigenvalue weighted by Crippen LogP contribution is 2.33. The van der Waals surface area contributed by atoms with Gasteiger partial charge < -0.3 is 10.5 Å². The number of nitrogens with two attached hydrogens (primary N) is 1. The number of amides is 1. The Morgan fingerprint density at radius 2 is 2.00 bits per heavy atom. The molecular weight excluding hydrogens is 380 g/mol. The van der Waals surface area contributed by atoms with Crippen molar-refractivity contribution in [3.63, 3.8) is 0 Å². The topological polar surface area (TPSA) is 90.1 Å². The van der Waals surface area contributed by atoms with Crippen molar-refractivity contribution in [3.05, 3.63) is 35.9 Å². The summed E-state index contributed by atoms with van der Waals surface area (Å²) in [6, 6.07) is 10.2. The minimum absolute atomic E-state index is 0. The summed E-state index contributed by atoms with van der Waals surface area (Å²) in [4.78, 5) is 12.6. The second-order valence-electron chi connectivity index (χ2n) is 5.70. The molecule has 1 aliphatic heterocycles. The molecule has 0 atom stereocenters. The van der Waals surface area contributed by atoms with Crippen LogP contribution in [0, 0.1) is 5.41 Å². The van der Waals surface area contributed by atoms with E-state index in [1.165, 1.54) is 16.9 Å². The van der Waals surface area contributed by atoms with Gasteiger partial charge in [0.2, 0.25) is 11.0 Å². The summed E-state index contributed by atoms with van der Waals surface area (Å²) in [6.45, 7) is 1.45. The molecule has 2 aromatic rings. The maximum atomic E-state index is 12.6. The van der Waals surface area contributed by atoms with Crippen molar-refractivity contribution in [2.45, 2.75) is 22.9 Å². The average Bonchev–Trinajstić information content (AvgIpc) is 3.09. The first-order chi connectivity index (χ1) is 11.7. The lowest BCUT2D eigenvalue weighted by Gasteiger charge is -2.34. The van der Waals surface area contributed by atoms with Crippen LogP contribution in [0.5, 0.6) is 0 Å². The van der Waals surface area contributed by atoms with Gasteiger partial charge in [-0.25, -0.2) is 0 Å². The highest BCUT2D eigenvalue weighted by atomic mass is 35.5. The summed E-state index contributed by atoms with van der Waals surface area (Å²) < 4.78 is 6.18. The zero-order valence-corrected chi connectivity index (χ0v) is 16.1. The van der Waals surface area contributed by atoms with Crippen molar-refractivity contribution in [1.82, 2.24) is 10.2 Å². The number of nitrogens with zero attached hydrogens (tertiary/aromatic N) is 2. The second-order valence-corrected chi connectivity index (χ2v) is 7.90. The van der Waals surface area contributed by atoms with E-state index in [9.17, 15) is 4.79 Å². The van der Waals surface area contributed by atoms with Crippen LogP contribution >= 0.6 is 35.5 Å². The lowest BCUT2D eigenvalue weighted by molar-refractivity contribution is -0.130. The summed E-state index contributed by atoms with van der Waals surface area (Å²) in [5.41, 5.74) is 6.53. The first kappa shape index (κ1) is 20.1. The Labute approximate surface area is 161 Å².